The highest BCUT2D eigenvalue weighted by Gasteiger charge is 2.10. The monoisotopic (exact) mass is 263 g/mol. The molecule has 0 radical (unpaired) electrons. The Morgan fingerprint density at radius 3 is 2.42 bits per heavy atom. The zero-order valence-corrected chi connectivity index (χ0v) is 12.3. The summed E-state index contributed by atoms with van der Waals surface area (Å²) >= 11 is 0. The molecule has 3 N–H and O–H groups in total. The minimum absolute atomic E-state index is 0.0581. The molecule has 0 spiro atoms. The van der Waals surface area contributed by atoms with Gasteiger partial charge in [-0.15, -0.1) is 0 Å². The molecule has 0 aromatic carbocycles. The Morgan fingerprint density at radius 1 is 1.32 bits per heavy atom. The first-order chi connectivity index (χ1) is 8.90. The summed E-state index contributed by atoms with van der Waals surface area (Å²) in [7, 11) is 4.14. The minimum atomic E-state index is 0.0581. The van der Waals surface area contributed by atoms with Crippen molar-refractivity contribution < 1.29 is 0 Å². The van der Waals surface area contributed by atoms with E-state index in [1.807, 2.05) is 12.1 Å². The Balaban J connectivity index is 2.80. The van der Waals surface area contributed by atoms with Crippen molar-refractivity contribution in [3.05, 3.63) is 23.9 Å². The molecule has 106 valence electrons. The Morgan fingerprint density at radius 2 is 2.00 bits per heavy atom. The van der Waals surface area contributed by atoms with E-state index in [-0.39, 0.29) is 5.84 Å². The molecule has 5 heteroatoms. The lowest BCUT2D eigenvalue weighted by Crippen LogP contribution is -2.35. The van der Waals surface area contributed by atoms with Crippen LogP contribution in [0.25, 0.3) is 0 Å². The summed E-state index contributed by atoms with van der Waals surface area (Å²) in [6, 6.07) is 3.79. The van der Waals surface area contributed by atoms with Crippen LogP contribution in [0.4, 0.5) is 5.82 Å². The van der Waals surface area contributed by atoms with Crippen molar-refractivity contribution in [1.82, 2.24) is 9.88 Å². The highest BCUT2D eigenvalue weighted by atomic mass is 15.2. The van der Waals surface area contributed by atoms with Gasteiger partial charge < -0.3 is 15.5 Å². The van der Waals surface area contributed by atoms with Gasteiger partial charge in [0.15, 0.2) is 0 Å². The van der Waals surface area contributed by atoms with Gasteiger partial charge >= 0.3 is 0 Å². The predicted octanol–water partition coefficient (Wildman–Crippen LogP) is 1.39. The Labute approximate surface area is 115 Å². The molecule has 1 aromatic heterocycles. The third-order valence-corrected chi connectivity index (χ3v) is 2.79. The summed E-state index contributed by atoms with van der Waals surface area (Å²) in [5.41, 5.74) is 6.11. The predicted molar refractivity (Wildman–Crippen MR) is 80.9 cm³/mol. The number of nitrogen functional groups attached to an aromatic ring is 1. The molecule has 19 heavy (non-hydrogen) atoms. The van der Waals surface area contributed by atoms with Crippen LogP contribution in [0.1, 0.15) is 19.4 Å². The highest BCUT2D eigenvalue weighted by Crippen LogP contribution is 2.13. The lowest BCUT2D eigenvalue weighted by atomic mass is 10.2. The first kappa shape index (κ1) is 15.4. The molecule has 0 saturated heterocycles. The number of likely N-dealkylation sites (N-methyl/N-ethyl adjacent to an activating group) is 1. The summed E-state index contributed by atoms with van der Waals surface area (Å²) in [5.74, 6) is 1.58. The fourth-order valence-corrected chi connectivity index (χ4v) is 1.79. The molecule has 1 heterocycles. The third-order valence-electron chi connectivity index (χ3n) is 2.79. The molecule has 1 rings (SSSR count). The van der Waals surface area contributed by atoms with Gasteiger partial charge in [-0.05, 0) is 32.1 Å². The lowest BCUT2D eigenvalue weighted by Gasteiger charge is -2.27. The number of hydrogen-bond acceptors (Lipinski definition) is 4. The van der Waals surface area contributed by atoms with E-state index in [0.717, 1.165) is 25.5 Å². The molecule has 0 aliphatic carbocycles. The Kier molecular flexibility index (Phi) is 5.76. The fraction of sp³-hybridized carbons (Fsp3) is 0.571. The summed E-state index contributed by atoms with van der Waals surface area (Å²) < 4.78 is 0. The van der Waals surface area contributed by atoms with Crippen molar-refractivity contribution in [2.45, 2.75) is 13.8 Å². The topological polar surface area (TPSA) is 69.2 Å². The largest absolute Gasteiger partial charge is 0.384 e. The van der Waals surface area contributed by atoms with E-state index in [2.05, 4.69) is 42.7 Å². The van der Waals surface area contributed by atoms with Gasteiger partial charge in [0.25, 0.3) is 0 Å². The molecule has 0 aliphatic heterocycles. The molecular formula is C14H25N5. The number of aromatic nitrogens is 1. The molecule has 0 unspecified atom stereocenters. The number of hydrogen-bond donors (Lipinski definition) is 2. The van der Waals surface area contributed by atoms with E-state index in [4.69, 9.17) is 11.1 Å². The lowest BCUT2D eigenvalue weighted by molar-refractivity contribution is 0.408. The first-order valence-corrected chi connectivity index (χ1v) is 6.60. The molecule has 1 aromatic rings. The van der Waals surface area contributed by atoms with Gasteiger partial charge in [-0.2, -0.15) is 0 Å². The minimum Gasteiger partial charge on any atom is -0.384 e. The van der Waals surface area contributed by atoms with Gasteiger partial charge in [-0.25, -0.2) is 4.98 Å². The number of amidine groups is 1. The molecule has 0 fully saturated rings. The maximum atomic E-state index is 7.38. The smallest absolute Gasteiger partial charge is 0.128 e. The number of nitrogens with two attached hydrogens (primary N) is 1. The molecule has 0 bridgehead atoms. The molecule has 0 aliphatic rings. The quantitative estimate of drug-likeness (QED) is 0.576. The normalized spacial score (nSPS) is 11.1. The second-order valence-electron chi connectivity index (χ2n) is 5.46. The average molecular weight is 263 g/mol. The van der Waals surface area contributed by atoms with Crippen LogP contribution >= 0.6 is 0 Å². The van der Waals surface area contributed by atoms with Crippen LogP contribution in [0.2, 0.25) is 0 Å². The third kappa shape index (κ3) is 5.26. The van der Waals surface area contributed by atoms with E-state index < -0.39 is 0 Å². The second kappa shape index (κ2) is 7.09. The van der Waals surface area contributed by atoms with Crippen LogP contribution in [-0.2, 0) is 0 Å². The number of rotatable bonds is 7. The van der Waals surface area contributed by atoms with E-state index in [0.29, 0.717) is 11.5 Å². The van der Waals surface area contributed by atoms with Crippen LogP contribution in [0.15, 0.2) is 18.3 Å². The number of nitrogens with one attached hydrogen (secondary N) is 1. The standard InChI is InChI=1S/C14H25N5/c1-11(2)10-19(8-7-18(3)4)13-6-5-12(9-17-13)14(15)16/h5-6,9,11H,7-8,10H2,1-4H3,(H3,15,16). The molecule has 5 nitrogen and oxygen atoms in total. The second-order valence-corrected chi connectivity index (χ2v) is 5.46. The van der Waals surface area contributed by atoms with E-state index in [1.165, 1.54) is 0 Å². The average Bonchev–Trinajstić information content (AvgIpc) is 2.34. The van der Waals surface area contributed by atoms with E-state index in [9.17, 15) is 0 Å². The Hall–Kier alpha value is -1.62. The number of anilines is 1. The van der Waals surface area contributed by atoms with Gasteiger partial charge in [0.05, 0.1) is 0 Å². The van der Waals surface area contributed by atoms with Crippen molar-refractivity contribution >= 4 is 11.7 Å². The molecule has 0 saturated carbocycles. The van der Waals surface area contributed by atoms with Crippen LogP contribution in [-0.4, -0.2) is 49.4 Å². The van der Waals surface area contributed by atoms with Crippen LogP contribution in [0.5, 0.6) is 0 Å². The number of pyridine rings is 1. The van der Waals surface area contributed by atoms with Gasteiger partial charge in [0.2, 0.25) is 0 Å². The molecule has 0 atom stereocenters. The van der Waals surface area contributed by atoms with Gasteiger partial charge in [-0.1, -0.05) is 13.8 Å². The fourth-order valence-electron chi connectivity index (χ4n) is 1.79. The van der Waals surface area contributed by atoms with Crippen molar-refractivity contribution in [3.63, 3.8) is 0 Å². The van der Waals surface area contributed by atoms with Crippen LogP contribution in [0.3, 0.4) is 0 Å². The maximum absolute atomic E-state index is 7.38. The van der Waals surface area contributed by atoms with Crippen molar-refractivity contribution in [1.29, 1.82) is 5.41 Å². The van der Waals surface area contributed by atoms with Gasteiger partial charge in [-0.3, -0.25) is 5.41 Å². The molecular weight excluding hydrogens is 238 g/mol. The maximum Gasteiger partial charge on any atom is 0.128 e. The molecule has 0 amide bonds. The van der Waals surface area contributed by atoms with Crippen LogP contribution < -0.4 is 10.6 Å². The van der Waals surface area contributed by atoms with Gasteiger partial charge in [0.1, 0.15) is 11.7 Å². The van der Waals surface area contributed by atoms with E-state index in [1.54, 1.807) is 6.20 Å². The zero-order valence-electron chi connectivity index (χ0n) is 12.3. The summed E-state index contributed by atoms with van der Waals surface area (Å²) in [6.07, 6.45) is 1.67. The van der Waals surface area contributed by atoms with Crippen LogP contribution in [0, 0.1) is 11.3 Å². The zero-order chi connectivity index (χ0) is 14.4. The van der Waals surface area contributed by atoms with Crippen molar-refractivity contribution in [2.75, 3.05) is 38.6 Å². The first-order valence-electron chi connectivity index (χ1n) is 6.60. The Bertz CT molecular complexity index is 397. The SMILES string of the molecule is CC(C)CN(CCN(C)C)c1ccc(C(=N)N)cn1. The summed E-state index contributed by atoms with van der Waals surface area (Å²) in [6.45, 7) is 7.31. The number of nitrogens with zero attached hydrogens (tertiary/aromatic N) is 3. The van der Waals surface area contributed by atoms with Crippen molar-refractivity contribution in [3.8, 4) is 0 Å². The highest BCUT2D eigenvalue weighted by molar-refractivity contribution is 5.94. The van der Waals surface area contributed by atoms with E-state index >= 15 is 0 Å². The summed E-state index contributed by atoms with van der Waals surface area (Å²) in [4.78, 5) is 8.85. The van der Waals surface area contributed by atoms with Crippen molar-refractivity contribution in [2.24, 2.45) is 11.7 Å². The summed E-state index contributed by atoms with van der Waals surface area (Å²) in [5, 5.41) is 7.38. The van der Waals surface area contributed by atoms with Gasteiger partial charge in [0, 0.05) is 31.4 Å².